The SMILES string of the molecule is O=C(O)c1nc(C2=C(c3cc(C(F)(F)F)ccc3OCc3ccc(Cl)cc3Cl)CCC2)ccc1Cl. The van der Waals surface area contributed by atoms with E-state index in [4.69, 9.17) is 39.5 Å². The Bertz CT molecular complexity index is 1340. The average molecular weight is 543 g/mol. The minimum Gasteiger partial charge on any atom is -0.488 e. The Hall–Kier alpha value is -2.74. The number of carboxylic acid groups (broad SMARTS) is 1. The smallest absolute Gasteiger partial charge is 0.416 e. The molecule has 4 rings (SSSR count). The number of rotatable bonds is 6. The van der Waals surface area contributed by atoms with Crippen molar-refractivity contribution in [3.05, 3.63) is 91.7 Å². The van der Waals surface area contributed by atoms with Crippen LogP contribution in [-0.2, 0) is 12.8 Å². The lowest BCUT2D eigenvalue weighted by Gasteiger charge is -2.17. The summed E-state index contributed by atoms with van der Waals surface area (Å²) in [5.41, 5.74) is 1.36. The summed E-state index contributed by atoms with van der Waals surface area (Å²) in [5.74, 6) is -1.05. The summed E-state index contributed by atoms with van der Waals surface area (Å²) in [4.78, 5) is 15.7. The first kappa shape index (κ1) is 25.4. The van der Waals surface area contributed by atoms with E-state index in [1.807, 2.05) is 0 Å². The first-order valence-corrected chi connectivity index (χ1v) is 11.6. The van der Waals surface area contributed by atoms with Gasteiger partial charge in [0.2, 0.25) is 0 Å². The van der Waals surface area contributed by atoms with Crippen LogP contribution in [0.5, 0.6) is 5.75 Å². The van der Waals surface area contributed by atoms with Crippen LogP contribution in [0, 0.1) is 0 Å². The van der Waals surface area contributed by atoms with E-state index in [1.165, 1.54) is 12.1 Å². The van der Waals surface area contributed by atoms with Gasteiger partial charge in [0.25, 0.3) is 0 Å². The van der Waals surface area contributed by atoms with E-state index < -0.39 is 17.7 Å². The quantitative estimate of drug-likeness (QED) is 0.340. The van der Waals surface area contributed by atoms with Crippen LogP contribution in [0.2, 0.25) is 15.1 Å². The van der Waals surface area contributed by atoms with Crippen LogP contribution in [0.15, 0.2) is 48.5 Å². The molecule has 10 heteroatoms. The molecule has 0 aliphatic heterocycles. The molecule has 0 unspecified atom stereocenters. The maximum Gasteiger partial charge on any atom is 0.416 e. The molecule has 1 N–H and O–H groups in total. The number of ether oxygens (including phenoxy) is 1. The number of hydrogen-bond donors (Lipinski definition) is 1. The summed E-state index contributed by atoms with van der Waals surface area (Å²) in [6.45, 7) is 0.0132. The molecule has 0 bridgehead atoms. The largest absolute Gasteiger partial charge is 0.488 e. The van der Waals surface area contributed by atoms with Crippen LogP contribution < -0.4 is 4.74 Å². The Morgan fingerprint density at radius 1 is 0.971 bits per heavy atom. The van der Waals surface area contributed by atoms with Gasteiger partial charge in [0.05, 0.1) is 16.3 Å². The molecule has 3 aromatic rings. The molecule has 4 nitrogen and oxygen atoms in total. The normalized spacial score (nSPS) is 13.9. The molecule has 182 valence electrons. The Morgan fingerprint density at radius 3 is 2.40 bits per heavy atom. The summed E-state index contributed by atoms with van der Waals surface area (Å²) in [6, 6.07) is 11.2. The molecular weight excluding hydrogens is 526 g/mol. The molecular formula is C25H17Cl3F3NO3. The molecule has 0 amide bonds. The van der Waals surface area contributed by atoms with Crippen molar-refractivity contribution in [1.82, 2.24) is 4.98 Å². The third kappa shape index (κ3) is 5.58. The van der Waals surface area contributed by atoms with Gasteiger partial charge < -0.3 is 9.84 Å². The fourth-order valence-electron chi connectivity index (χ4n) is 3.95. The van der Waals surface area contributed by atoms with Crippen molar-refractivity contribution in [3.8, 4) is 5.75 Å². The number of carbonyl (C=O) groups is 1. The maximum absolute atomic E-state index is 13.6. The number of allylic oxidation sites excluding steroid dienone is 2. The molecule has 0 saturated heterocycles. The Balaban J connectivity index is 1.80. The molecule has 35 heavy (non-hydrogen) atoms. The highest BCUT2D eigenvalue weighted by Crippen LogP contribution is 2.44. The Morgan fingerprint density at radius 2 is 1.71 bits per heavy atom. The molecule has 1 aliphatic carbocycles. The van der Waals surface area contributed by atoms with Crippen LogP contribution in [0.25, 0.3) is 11.1 Å². The van der Waals surface area contributed by atoms with E-state index >= 15 is 0 Å². The molecule has 0 atom stereocenters. The third-order valence-electron chi connectivity index (χ3n) is 5.61. The summed E-state index contributed by atoms with van der Waals surface area (Å²) >= 11 is 18.1. The van der Waals surface area contributed by atoms with Gasteiger partial charge in [0, 0.05) is 21.2 Å². The predicted molar refractivity (Wildman–Crippen MR) is 129 cm³/mol. The Labute approximate surface area is 213 Å². The number of hydrogen-bond acceptors (Lipinski definition) is 3. The van der Waals surface area contributed by atoms with Crippen molar-refractivity contribution in [2.24, 2.45) is 0 Å². The van der Waals surface area contributed by atoms with Gasteiger partial charge in [-0.3, -0.25) is 0 Å². The average Bonchev–Trinajstić information content (AvgIpc) is 3.27. The van der Waals surface area contributed by atoms with Gasteiger partial charge in [-0.25, -0.2) is 9.78 Å². The monoisotopic (exact) mass is 541 g/mol. The maximum atomic E-state index is 13.6. The molecule has 0 radical (unpaired) electrons. The van der Waals surface area contributed by atoms with Gasteiger partial charge in [-0.2, -0.15) is 13.2 Å². The van der Waals surface area contributed by atoms with Crippen molar-refractivity contribution in [3.63, 3.8) is 0 Å². The number of pyridine rings is 1. The fourth-order valence-corrected chi connectivity index (χ4v) is 4.60. The van der Waals surface area contributed by atoms with Crippen LogP contribution >= 0.6 is 34.8 Å². The molecule has 2 aromatic carbocycles. The topological polar surface area (TPSA) is 59.4 Å². The van der Waals surface area contributed by atoms with Gasteiger partial charge in [-0.05, 0) is 72.9 Å². The van der Waals surface area contributed by atoms with Crippen molar-refractivity contribution < 1.29 is 27.8 Å². The van der Waals surface area contributed by atoms with Crippen molar-refractivity contribution in [1.29, 1.82) is 0 Å². The lowest BCUT2D eigenvalue weighted by molar-refractivity contribution is -0.137. The summed E-state index contributed by atoms with van der Waals surface area (Å²) < 4.78 is 46.6. The van der Waals surface area contributed by atoms with Crippen molar-refractivity contribution in [2.45, 2.75) is 32.0 Å². The van der Waals surface area contributed by atoms with E-state index in [1.54, 1.807) is 24.3 Å². The zero-order chi connectivity index (χ0) is 25.3. The summed E-state index contributed by atoms with van der Waals surface area (Å²) in [6.07, 6.45) is -2.90. The van der Waals surface area contributed by atoms with E-state index in [-0.39, 0.29) is 28.6 Å². The van der Waals surface area contributed by atoms with Crippen LogP contribution in [-0.4, -0.2) is 16.1 Å². The number of benzene rings is 2. The number of nitrogens with zero attached hydrogens (tertiary/aromatic N) is 1. The molecule has 1 aliphatic rings. The van der Waals surface area contributed by atoms with Gasteiger partial charge in [0.1, 0.15) is 12.4 Å². The minimum absolute atomic E-state index is 0.0132. The number of aromatic carboxylic acids is 1. The molecule has 0 saturated carbocycles. The second-order valence-corrected chi connectivity index (χ2v) is 9.13. The third-order valence-corrected chi connectivity index (χ3v) is 6.50. The first-order valence-electron chi connectivity index (χ1n) is 10.4. The molecule has 0 spiro atoms. The second-order valence-electron chi connectivity index (χ2n) is 7.88. The predicted octanol–water partition coefficient (Wildman–Crippen LogP) is 8.43. The zero-order valence-electron chi connectivity index (χ0n) is 17.9. The van der Waals surface area contributed by atoms with Crippen LogP contribution in [0.1, 0.15) is 52.1 Å². The lowest BCUT2D eigenvalue weighted by Crippen LogP contribution is -2.07. The van der Waals surface area contributed by atoms with Gasteiger partial charge >= 0.3 is 12.1 Å². The standard InChI is InChI=1S/C25H17Cl3F3NO3/c26-15-6-4-13(20(28)11-15)12-35-22-9-5-14(25(29,30)31)10-18(22)16-2-1-3-17(16)21-8-7-19(27)23(32-21)24(33)34/h4-11H,1-3,12H2,(H,33,34). The molecule has 1 aromatic heterocycles. The van der Waals surface area contributed by atoms with Gasteiger partial charge in [-0.1, -0.05) is 40.9 Å². The first-order chi connectivity index (χ1) is 16.5. The number of aromatic nitrogens is 1. The molecule has 0 fully saturated rings. The summed E-state index contributed by atoms with van der Waals surface area (Å²) in [7, 11) is 0. The van der Waals surface area contributed by atoms with E-state index in [0.717, 1.165) is 12.1 Å². The molecule has 1 heterocycles. The highest BCUT2D eigenvalue weighted by molar-refractivity contribution is 6.35. The van der Waals surface area contributed by atoms with Gasteiger partial charge in [-0.15, -0.1) is 0 Å². The van der Waals surface area contributed by atoms with E-state index in [0.29, 0.717) is 51.7 Å². The zero-order valence-corrected chi connectivity index (χ0v) is 20.2. The van der Waals surface area contributed by atoms with Crippen molar-refractivity contribution >= 4 is 51.9 Å². The van der Waals surface area contributed by atoms with Crippen molar-refractivity contribution in [2.75, 3.05) is 0 Å². The fraction of sp³-hybridized carbons (Fsp3) is 0.200. The summed E-state index contributed by atoms with van der Waals surface area (Å²) in [5, 5.41) is 10.2. The Kier molecular flexibility index (Phi) is 7.31. The number of halogens is 6. The van der Waals surface area contributed by atoms with Gasteiger partial charge in [0.15, 0.2) is 5.69 Å². The van der Waals surface area contributed by atoms with E-state index in [2.05, 4.69) is 4.98 Å². The van der Waals surface area contributed by atoms with Crippen LogP contribution in [0.3, 0.4) is 0 Å². The minimum atomic E-state index is -4.55. The number of carboxylic acids is 1. The lowest BCUT2D eigenvalue weighted by atomic mass is 9.96. The highest BCUT2D eigenvalue weighted by Gasteiger charge is 2.32. The number of alkyl halides is 3. The van der Waals surface area contributed by atoms with E-state index in [9.17, 15) is 23.1 Å². The van der Waals surface area contributed by atoms with Crippen LogP contribution in [0.4, 0.5) is 13.2 Å². The second kappa shape index (κ2) is 10.1. The highest BCUT2D eigenvalue weighted by atomic mass is 35.5.